The molecule has 0 bridgehead atoms. The number of rotatable bonds is 1. The van der Waals surface area contributed by atoms with E-state index in [-0.39, 0.29) is 5.91 Å². The molecule has 0 aliphatic heterocycles. The zero-order valence-electron chi connectivity index (χ0n) is 9.39. The van der Waals surface area contributed by atoms with Crippen LogP contribution < -0.4 is 5.32 Å². The Labute approximate surface area is 93.9 Å². The second kappa shape index (κ2) is 3.59. The molecule has 1 heterocycles. The average Bonchev–Trinajstić information content (AvgIpc) is 2.42. The van der Waals surface area contributed by atoms with E-state index in [1.165, 1.54) is 23.9 Å². The van der Waals surface area contributed by atoms with Crippen molar-refractivity contribution >= 4 is 22.4 Å². The Morgan fingerprint density at radius 3 is 2.93 bits per heavy atom. The van der Waals surface area contributed by atoms with Gasteiger partial charge in [0.25, 0.3) is 0 Å². The van der Waals surface area contributed by atoms with Crippen LogP contribution in [0.15, 0.2) is 0 Å². The maximum atomic E-state index is 10.9. The van der Waals surface area contributed by atoms with Crippen LogP contribution >= 0.6 is 11.3 Å². The number of fused-ring (bicyclic) bond motifs is 1. The third kappa shape index (κ3) is 2.37. The summed E-state index contributed by atoms with van der Waals surface area (Å²) >= 11 is 1.62. The molecule has 0 atom stereocenters. The summed E-state index contributed by atoms with van der Waals surface area (Å²) in [6.45, 7) is 6.09. The summed E-state index contributed by atoms with van der Waals surface area (Å²) in [7, 11) is 0. The van der Waals surface area contributed by atoms with Crippen LogP contribution in [0, 0.1) is 5.41 Å². The highest BCUT2D eigenvalue weighted by Crippen LogP contribution is 2.38. The Kier molecular flexibility index (Phi) is 2.54. The van der Waals surface area contributed by atoms with Gasteiger partial charge in [0.1, 0.15) is 0 Å². The monoisotopic (exact) mass is 224 g/mol. The Bertz CT molecular complexity index is 395. The van der Waals surface area contributed by atoms with Crippen molar-refractivity contribution in [3.63, 3.8) is 0 Å². The van der Waals surface area contributed by atoms with Crippen LogP contribution in [-0.4, -0.2) is 10.9 Å². The number of carbonyl (C=O) groups excluding carboxylic acids is 1. The minimum Gasteiger partial charge on any atom is -0.302 e. The molecule has 0 aromatic carbocycles. The topological polar surface area (TPSA) is 42.0 Å². The molecule has 4 heteroatoms. The van der Waals surface area contributed by atoms with Crippen LogP contribution in [-0.2, 0) is 17.6 Å². The molecule has 0 saturated carbocycles. The molecule has 15 heavy (non-hydrogen) atoms. The second-order valence-electron chi connectivity index (χ2n) is 4.91. The Hall–Kier alpha value is -0.900. The van der Waals surface area contributed by atoms with Gasteiger partial charge in [-0.2, -0.15) is 0 Å². The van der Waals surface area contributed by atoms with E-state index in [2.05, 4.69) is 24.1 Å². The zero-order chi connectivity index (χ0) is 11.1. The molecule has 1 aromatic rings. The molecule has 0 unspecified atom stereocenters. The van der Waals surface area contributed by atoms with Crippen molar-refractivity contribution in [3.8, 4) is 0 Å². The van der Waals surface area contributed by atoms with E-state index in [9.17, 15) is 4.79 Å². The number of amides is 1. The molecule has 0 fully saturated rings. The summed E-state index contributed by atoms with van der Waals surface area (Å²) in [6.07, 6.45) is 3.31. The summed E-state index contributed by atoms with van der Waals surface area (Å²) in [5, 5.41) is 3.51. The first-order chi connectivity index (χ1) is 6.96. The minimum atomic E-state index is -0.0413. The molecule has 1 aliphatic carbocycles. The molecule has 0 saturated heterocycles. The van der Waals surface area contributed by atoms with Crippen molar-refractivity contribution in [2.45, 2.75) is 40.0 Å². The molecule has 0 radical (unpaired) electrons. The number of anilines is 1. The first kappa shape index (κ1) is 10.6. The van der Waals surface area contributed by atoms with Gasteiger partial charge < -0.3 is 5.32 Å². The first-order valence-corrected chi connectivity index (χ1v) is 6.04. The smallest absolute Gasteiger partial charge is 0.223 e. The standard InChI is InChI=1S/C11H16N2OS/c1-7(14)12-10-13-8-4-5-11(2,3)6-9(8)15-10/h4-6H2,1-3H3,(H,12,13,14). The Morgan fingerprint density at radius 1 is 1.53 bits per heavy atom. The van der Waals surface area contributed by atoms with Crippen LogP contribution in [0.1, 0.15) is 37.8 Å². The number of nitrogens with zero attached hydrogens (tertiary/aromatic N) is 1. The normalized spacial score (nSPS) is 18.3. The average molecular weight is 224 g/mol. The highest BCUT2D eigenvalue weighted by Gasteiger charge is 2.28. The van der Waals surface area contributed by atoms with E-state index in [4.69, 9.17) is 0 Å². The van der Waals surface area contributed by atoms with Gasteiger partial charge in [-0.1, -0.05) is 13.8 Å². The fraction of sp³-hybridized carbons (Fsp3) is 0.636. The van der Waals surface area contributed by atoms with Crippen molar-refractivity contribution in [2.75, 3.05) is 5.32 Å². The van der Waals surface area contributed by atoms with Crippen LogP contribution in [0.3, 0.4) is 0 Å². The highest BCUT2D eigenvalue weighted by molar-refractivity contribution is 7.15. The van der Waals surface area contributed by atoms with Crippen molar-refractivity contribution < 1.29 is 4.79 Å². The van der Waals surface area contributed by atoms with Crippen molar-refractivity contribution in [1.82, 2.24) is 4.98 Å². The second-order valence-corrected chi connectivity index (χ2v) is 5.99. The summed E-state index contributed by atoms with van der Waals surface area (Å²) in [5.74, 6) is -0.0413. The molecular formula is C11H16N2OS. The molecule has 1 aromatic heterocycles. The maximum Gasteiger partial charge on any atom is 0.223 e. The van der Waals surface area contributed by atoms with E-state index >= 15 is 0 Å². The van der Waals surface area contributed by atoms with Crippen molar-refractivity contribution in [1.29, 1.82) is 0 Å². The lowest BCUT2D eigenvalue weighted by atomic mass is 9.79. The molecule has 2 rings (SSSR count). The summed E-state index contributed by atoms with van der Waals surface area (Å²) in [5.41, 5.74) is 1.57. The van der Waals surface area contributed by atoms with Crippen LogP contribution in [0.4, 0.5) is 5.13 Å². The molecular weight excluding hydrogens is 208 g/mol. The van der Waals surface area contributed by atoms with Gasteiger partial charge in [0.05, 0.1) is 5.69 Å². The third-order valence-electron chi connectivity index (χ3n) is 2.74. The number of hydrogen-bond acceptors (Lipinski definition) is 3. The van der Waals surface area contributed by atoms with Gasteiger partial charge in [-0.3, -0.25) is 4.79 Å². The SMILES string of the molecule is CC(=O)Nc1nc2c(s1)CC(C)(C)CC2. The maximum absolute atomic E-state index is 10.9. The third-order valence-corrected chi connectivity index (χ3v) is 3.75. The van der Waals surface area contributed by atoms with Crippen LogP contribution in [0.2, 0.25) is 0 Å². The Balaban J connectivity index is 2.22. The van der Waals surface area contributed by atoms with E-state index in [0.717, 1.165) is 18.0 Å². The van der Waals surface area contributed by atoms with Gasteiger partial charge in [0.15, 0.2) is 5.13 Å². The van der Waals surface area contributed by atoms with Gasteiger partial charge in [0, 0.05) is 11.8 Å². The molecule has 82 valence electrons. The van der Waals surface area contributed by atoms with Crippen molar-refractivity contribution in [2.24, 2.45) is 5.41 Å². The predicted octanol–water partition coefficient (Wildman–Crippen LogP) is 2.62. The molecule has 1 aliphatic rings. The number of nitrogens with one attached hydrogen (secondary N) is 1. The quantitative estimate of drug-likeness (QED) is 0.796. The zero-order valence-corrected chi connectivity index (χ0v) is 10.2. The molecule has 0 spiro atoms. The fourth-order valence-electron chi connectivity index (χ4n) is 1.90. The van der Waals surface area contributed by atoms with Gasteiger partial charge in [-0.15, -0.1) is 11.3 Å². The lowest BCUT2D eigenvalue weighted by Crippen LogP contribution is -2.20. The van der Waals surface area contributed by atoms with Crippen molar-refractivity contribution in [3.05, 3.63) is 10.6 Å². The summed E-state index contributed by atoms with van der Waals surface area (Å²) in [6, 6.07) is 0. The van der Waals surface area contributed by atoms with E-state index in [0.29, 0.717) is 5.41 Å². The number of thiazole rings is 1. The predicted molar refractivity (Wildman–Crippen MR) is 62.2 cm³/mol. The molecule has 1 N–H and O–H groups in total. The number of aryl methyl sites for hydroxylation is 1. The summed E-state index contributed by atoms with van der Waals surface area (Å²) < 4.78 is 0. The van der Waals surface area contributed by atoms with Gasteiger partial charge in [-0.05, 0) is 24.7 Å². The number of hydrogen-bond donors (Lipinski definition) is 1. The fourth-order valence-corrected chi connectivity index (χ4v) is 3.21. The van der Waals surface area contributed by atoms with E-state index < -0.39 is 0 Å². The lowest BCUT2D eigenvalue weighted by molar-refractivity contribution is -0.114. The molecule has 3 nitrogen and oxygen atoms in total. The lowest BCUT2D eigenvalue weighted by Gasteiger charge is -2.28. The van der Waals surface area contributed by atoms with Gasteiger partial charge >= 0.3 is 0 Å². The van der Waals surface area contributed by atoms with Crippen LogP contribution in [0.5, 0.6) is 0 Å². The number of aromatic nitrogens is 1. The van der Waals surface area contributed by atoms with Gasteiger partial charge in [-0.25, -0.2) is 4.98 Å². The number of carbonyl (C=O) groups is 1. The van der Waals surface area contributed by atoms with E-state index in [1.54, 1.807) is 11.3 Å². The van der Waals surface area contributed by atoms with E-state index in [1.807, 2.05) is 0 Å². The highest BCUT2D eigenvalue weighted by atomic mass is 32.1. The largest absolute Gasteiger partial charge is 0.302 e. The first-order valence-electron chi connectivity index (χ1n) is 5.22. The van der Waals surface area contributed by atoms with Crippen LogP contribution in [0.25, 0.3) is 0 Å². The minimum absolute atomic E-state index is 0.0413. The Morgan fingerprint density at radius 2 is 2.27 bits per heavy atom. The molecule has 1 amide bonds. The summed E-state index contributed by atoms with van der Waals surface area (Å²) in [4.78, 5) is 16.7. The van der Waals surface area contributed by atoms with Gasteiger partial charge in [0.2, 0.25) is 5.91 Å².